The summed E-state index contributed by atoms with van der Waals surface area (Å²) >= 11 is 0. The molecule has 1 heterocycles. The molecule has 1 unspecified atom stereocenters. The highest BCUT2D eigenvalue weighted by atomic mass is 16.6. The standard InChI is InChI=1S/C16H24N2O2/c17-11-14(18-7-1-2-12-3-4-12)13-5-6-15-16(10-13)20-9-8-19-15/h5-6,10,12,14,18H,1-4,7-9,11,17H2. The van der Waals surface area contributed by atoms with Gasteiger partial charge in [0.25, 0.3) is 0 Å². The quantitative estimate of drug-likeness (QED) is 0.750. The third-order valence-electron chi connectivity index (χ3n) is 4.08. The molecule has 1 atom stereocenters. The summed E-state index contributed by atoms with van der Waals surface area (Å²) in [4.78, 5) is 0. The average molecular weight is 276 g/mol. The number of ether oxygens (including phenoxy) is 2. The lowest BCUT2D eigenvalue weighted by Gasteiger charge is -2.22. The normalized spacial score (nSPS) is 18.9. The lowest BCUT2D eigenvalue weighted by molar-refractivity contribution is 0.171. The van der Waals surface area contributed by atoms with Gasteiger partial charge >= 0.3 is 0 Å². The van der Waals surface area contributed by atoms with Gasteiger partial charge in [0.1, 0.15) is 13.2 Å². The first-order valence-corrected chi connectivity index (χ1v) is 7.70. The van der Waals surface area contributed by atoms with E-state index in [0.29, 0.717) is 19.8 Å². The number of hydrogen-bond donors (Lipinski definition) is 2. The zero-order chi connectivity index (χ0) is 13.8. The molecule has 110 valence electrons. The molecule has 0 aromatic heterocycles. The number of hydrogen-bond acceptors (Lipinski definition) is 4. The maximum absolute atomic E-state index is 5.90. The Morgan fingerprint density at radius 1 is 1.20 bits per heavy atom. The Morgan fingerprint density at radius 2 is 2.00 bits per heavy atom. The van der Waals surface area contributed by atoms with E-state index in [0.717, 1.165) is 24.0 Å². The molecule has 0 bridgehead atoms. The van der Waals surface area contributed by atoms with Crippen LogP contribution in [0.4, 0.5) is 0 Å². The van der Waals surface area contributed by atoms with Gasteiger partial charge in [0.2, 0.25) is 0 Å². The fraction of sp³-hybridized carbons (Fsp3) is 0.625. The minimum absolute atomic E-state index is 0.199. The molecule has 2 aliphatic rings. The maximum Gasteiger partial charge on any atom is 0.161 e. The summed E-state index contributed by atoms with van der Waals surface area (Å²) in [6.45, 7) is 2.89. The molecule has 0 saturated heterocycles. The van der Waals surface area contributed by atoms with Crippen LogP contribution in [0.3, 0.4) is 0 Å². The topological polar surface area (TPSA) is 56.5 Å². The van der Waals surface area contributed by atoms with Crippen molar-refractivity contribution in [1.29, 1.82) is 0 Å². The molecule has 1 fully saturated rings. The van der Waals surface area contributed by atoms with E-state index in [4.69, 9.17) is 15.2 Å². The van der Waals surface area contributed by atoms with Gasteiger partial charge in [-0.3, -0.25) is 0 Å². The lowest BCUT2D eigenvalue weighted by atomic mass is 10.1. The fourth-order valence-corrected chi connectivity index (χ4v) is 2.69. The molecule has 0 amide bonds. The summed E-state index contributed by atoms with van der Waals surface area (Å²) in [5, 5.41) is 3.55. The number of nitrogens with two attached hydrogens (primary N) is 1. The maximum atomic E-state index is 5.90. The average Bonchev–Trinajstić information content (AvgIpc) is 3.31. The minimum Gasteiger partial charge on any atom is -0.486 e. The third-order valence-corrected chi connectivity index (χ3v) is 4.08. The van der Waals surface area contributed by atoms with Crippen molar-refractivity contribution in [2.45, 2.75) is 31.7 Å². The highest BCUT2D eigenvalue weighted by molar-refractivity contribution is 5.44. The summed E-state index contributed by atoms with van der Waals surface area (Å²) in [6.07, 6.45) is 5.46. The Hall–Kier alpha value is -1.26. The van der Waals surface area contributed by atoms with E-state index in [2.05, 4.69) is 17.4 Å². The number of benzene rings is 1. The molecule has 0 radical (unpaired) electrons. The van der Waals surface area contributed by atoms with E-state index in [1.165, 1.54) is 31.2 Å². The highest BCUT2D eigenvalue weighted by Gasteiger charge is 2.20. The Bertz CT molecular complexity index is 446. The first kappa shape index (κ1) is 13.7. The second kappa shape index (κ2) is 6.46. The van der Waals surface area contributed by atoms with Crippen molar-refractivity contribution < 1.29 is 9.47 Å². The van der Waals surface area contributed by atoms with E-state index in [1.807, 2.05) is 6.07 Å². The molecule has 1 aliphatic carbocycles. The molecule has 4 nitrogen and oxygen atoms in total. The molecule has 1 aliphatic heterocycles. The smallest absolute Gasteiger partial charge is 0.161 e. The van der Waals surface area contributed by atoms with E-state index in [-0.39, 0.29) is 6.04 Å². The van der Waals surface area contributed by atoms with Crippen molar-refractivity contribution in [3.05, 3.63) is 23.8 Å². The highest BCUT2D eigenvalue weighted by Crippen LogP contribution is 2.34. The second-order valence-electron chi connectivity index (χ2n) is 5.73. The second-order valence-corrected chi connectivity index (χ2v) is 5.73. The van der Waals surface area contributed by atoms with Crippen LogP contribution in [0.2, 0.25) is 0 Å². The molecule has 1 saturated carbocycles. The lowest BCUT2D eigenvalue weighted by Crippen LogP contribution is -2.29. The predicted molar refractivity (Wildman–Crippen MR) is 79.2 cm³/mol. The zero-order valence-electron chi connectivity index (χ0n) is 11.9. The summed E-state index contributed by atoms with van der Waals surface area (Å²) in [5.74, 6) is 2.68. The van der Waals surface area contributed by atoms with Crippen LogP contribution in [0.1, 0.15) is 37.3 Å². The molecule has 3 N–H and O–H groups in total. The van der Waals surface area contributed by atoms with Gasteiger partial charge in [-0.1, -0.05) is 18.9 Å². The molecule has 1 aromatic carbocycles. The van der Waals surface area contributed by atoms with Gasteiger partial charge in [-0.2, -0.15) is 0 Å². The van der Waals surface area contributed by atoms with Crippen molar-refractivity contribution >= 4 is 0 Å². The Balaban J connectivity index is 1.56. The van der Waals surface area contributed by atoms with Crippen molar-refractivity contribution in [3.63, 3.8) is 0 Å². The first-order chi connectivity index (χ1) is 9.86. The monoisotopic (exact) mass is 276 g/mol. The summed E-state index contributed by atoms with van der Waals surface area (Å²) in [7, 11) is 0. The molecule has 4 heteroatoms. The van der Waals surface area contributed by atoms with Gasteiger partial charge in [0.15, 0.2) is 11.5 Å². The predicted octanol–water partition coefficient (Wildman–Crippen LogP) is 2.24. The molecule has 3 rings (SSSR count). The van der Waals surface area contributed by atoms with Crippen LogP contribution in [-0.4, -0.2) is 26.3 Å². The molecular weight excluding hydrogens is 252 g/mol. The SMILES string of the molecule is NCC(NCCCC1CC1)c1ccc2c(c1)OCCO2. The summed E-state index contributed by atoms with van der Waals surface area (Å²) < 4.78 is 11.2. The fourth-order valence-electron chi connectivity index (χ4n) is 2.69. The summed E-state index contributed by atoms with van der Waals surface area (Å²) in [6, 6.07) is 6.32. The van der Waals surface area contributed by atoms with Gasteiger partial charge in [-0.25, -0.2) is 0 Å². The summed E-state index contributed by atoms with van der Waals surface area (Å²) in [5.41, 5.74) is 7.08. The van der Waals surface area contributed by atoms with Crippen LogP contribution in [0.5, 0.6) is 11.5 Å². The third kappa shape index (κ3) is 3.44. The van der Waals surface area contributed by atoms with Crippen LogP contribution < -0.4 is 20.5 Å². The van der Waals surface area contributed by atoms with Crippen LogP contribution in [0, 0.1) is 5.92 Å². The van der Waals surface area contributed by atoms with Gasteiger partial charge in [0, 0.05) is 12.6 Å². The Labute approximate surface area is 120 Å². The first-order valence-electron chi connectivity index (χ1n) is 7.70. The van der Waals surface area contributed by atoms with Crippen LogP contribution in [0.25, 0.3) is 0 Å². The van der Waals surface area contributed by atoms with E-state index in [1.54, 1.807) is 0 Å². The molecule has 20 heavy (non-hydrogen) atoms. The zero-order valence-corrected chi connectivity index (χ0v) is 11.9. The van der Waals surface area contributed by atoms with E-state index >= 15 is 0 Å². The van der Waals surface area contributed by atoms with Crippen molar-refractivity contribution in [2.24, 2.45) is 11.7 Å². The number of nitrogens with one attached hydrogen (secondary N) is 1. The van der Waals surface area contributed by atoms with Gasteiger partial charge in [0.05, 0.1) is 0 Å². The van der Waals surface area contributed by atoms with Gasteiger partial charge < -0.3 is 20.5 Å². The molecular formula is C16H24N2O2. The number of fused-ring (bicyclic) bond motifs is 1. The number of rotatable bonds is 7. The van der Waals surface area contributed by atoms with Crippen molar-refractivity contribution in [1.82, 2.24) is 5.32 Å². The van der Waals surface area contributed by atoms with E-state index < -0.39 is 0 Å². The Kier molecular flexibility index (Phi) is 4.43. The largest absolute Gasteiger partial charge is 0.486 e. The van der Waals surface area contributed by atoms with Crippen molar-refractivity contribution in [3.8, 4) is 11.5 Å². The Morgan fingerprint density at radius 3 is 2.75 bits per heavy atom. The van der Waals surface area contributed by atoms with Crippen LogP contribution in [0.15, 0.2) is 18.2 Å². The van der Waals surface area contributed by atoms with Gasteiger partial charge in [-0.15, -0.1) is 0 Å². The molecule has 1 aromatic rings. The van der Waals surface area contributed by atoms with Crippen molar-refractivity contribution in [2.75, 3.05) is 26.3 Å². The van der Waals surface area contributed by atoms with Gasteiger partial charge in [-0.05, 0) is 43.0 Å². The molecule has 0 spiro atoms. The van der Waals surface area contributed by atoms with E-state index in [9.17, 15) is 0 Å². The minimum atomic E-state index is 0.199. The van der Waals surface area contributed by atoms with Crippen LogP contribution >= 0.6 is 0 Å². The van der Waals surface area contributed by atoms with Crippen LogP contribution in [-0.2, 0) is 0 Å².